The summed E-state index contributed by atoms with van der Waals surface area (Å²) >= 11 is 0. The van der Waals surface area contributed by atoms with Gasteiger partial charge in [0.05, 0.1) is 0 Å². The summed E-state index contributed by atoms with van der Waals surface area (Å²) in [7, 11) is 0. The van der Waals surface area contributed by atoms with Crippen LogP contribution < -0.4 is 10.6 Å². The average Bonchev–Trinajstić information content (AvgIpc) is 3.26. The number of rotatable bonds is 14. The first-order chi connectivity index (χ1) is 9.83. The Kier molecular flexibility index (Phi) is 10.7. The lowest BCUT2D eigenvalue weighted by Gasteiger charge is -2.06. The van der Waals surface area contributed by atoms with Crippen molar-refractivity contribution in [3.05, 3.63) is 0 Å². The van der Waals surface area contributed by atoms with E-state index in [4.69, 9.17) is 0 Å². The maximum atomic E-state index is 11.6. The number of hydrogen-bond acceptors (Lipinski definition) is 2. The molecule has 0 atom stereocenters. The van der Waals surface area contributed by atoms with Crippen molar-refractivity contribution in [1.82, 2.24) is 10.6 Å². The molecular weight excluding hydrogens is 248 g/mol. The predicted octanol–water partition coefficient (Wildman–Crippen LogP) is 3.78. The van der Waals surface area contributed by atoms with Crippen LogP contribution in [0.3, 0.4) is 0 Å². The van der Waals surface area contributed by atoms with Gasteiger partial charge >= 0.3 is 0 Å². The average molecular weight is 282 g/mol. The molecule has 0 radical (unpaired) electrons. The standard InChI is InChI=1S/C17H34N2O/c1-2-3-4-5-6-7-8-9-10-11-17(20)19-15-14-18-16-12-13-16/h16,18H,2-15H2,1H3,(H,19,20). The van der Waals surface area contributed by atoms with Crippen molar-refractivity contribution >= 4 is 5.91 Å². The van der Waals surface area contributed by atoms with Crippen molar-refractivity contribution in [3.63, 3.8) is 0 Å². The molecule has 0 bridgehead atoms. The zero-order valence-electron chi connectivity index (χ0n) is 13.4. The van der Waals surface area contributed by atoms with Crippen molar-refractivity contribution in [1.29, 1.82) is 0 Å². The van der Waals surface area contributed by atoms with Gasteiger partial charge in [-0.05, 0) is 19.3 Å². The minimum atomic E-state index is 0.227. The van der Waals surface area contributed by atoms with Crippen LogP contribution in [0.2, 0.25) is 0 Å². The van der Waals surface area contributed by atoms with E-state index < -0.39 is 0 Å². The summed E-state index contributed by atoms with van der Waals surface area (Å²) in [6, 6.07) is 0.740. The summed E-state index contributed by atoms with van der Waals surface area (Å²) in [5, 5.41) is 6.39. The molecule has 0 spiro atoms. The first-order valence-electron chi connectivity index (χ1n) is 8.83. The Morgan fingerprint density at radius 1 is 0.900 bits per heavy atom. The molecule has 1 fully saturated rings. The number of hydrogen-bond donors (Lipinski definition) is 2. The molecule has 1 saturated carbocycles. The third-order valence-electron chi connectivity index (χ3n) is 3.96. The maximum absolute atomic E-state index is 11.6. The molecule has 2 N–H and O–H groups in total. The van der Waals surface area contributed by atoms with Crippen LogP contribution in [0.5, 0.6) is 0 Å². The minimum absolute atomic E-state index is 0.227. The molecule has 1 amide bonds. The third-order valence-corrected chi connectivity index (χ3v) is 3.96. The van der Waals surface area contributed by atoms with Gasteiger partial charge in [-0.25, -0.2) is 0 Å². The van der Waals surface area contributed by atoms with Gasteiger partial charge in [-0.2, -0.15) is 0 Å². The monoisotopic (exact) mass is 282 g/mol. The smallest absolute Gasteiger partial charge is 0.220 e. The highest BCUT2D eigenvalue weighted by Crippen LogP contribution is 2.17. The van der Waals surface area contributed by atoms with Crippen molar-refractivity contribution in [2.24, 2.45) is 0 Å². The van der Waals surface area contributed by atoms with Crippen LogP contribution in [-0.2, 0) is 4.79 Å². The summed E-state index contributed by atoms with van der Waals surface area (Å²) in [4.78, 5) is 11.6. The van der Waals surface area contributed by atoms with Crippen LogP contribution in [0.1, 0.15) is 84.0 Å². The van der Waals surface area contributed by atoms with Crippen molar-refractivity contribution in [3.8, 4) is 0 Å². The lowest BCUT2D eigenvalue weighted by molar-refractivity contribution is -0.121. The van der Waals surface area contributed by atoms with E-state index in [-0.39, 0.29) is 5.91 Å². The van der Waals surface area contributed by atoms with Gasteiger partial charge in [-0.1, -0.05) is 58.3 Å². The van der Waals surface area contributed by atoms with Crippen molar-refractivity contribution in [2.45, 2.75) is 90.0 Å². The van der Waals surface area contributed by atoms with E-state index in [1.807, 2.05) is 0 Å². The molecule has 0 aromatic heterocycles. The second-order valence-corrected chi connectivity index (χ2v) is 6.16. The molecule has 0 heterocycles. The zero-order chi connectivity index (χ0) is 14.5. The van der Waals surface area contributed by atoms with Gasteiger partial charge in [-0.3, -0.25) is 4.79 Å². The first-order valence-corrected chi connectivity index (χ1v) is 8.83. The first kappa shape index (κ1) is 17.5. The molecule has 0 saturated heterocycles. The van der Waals surface area contributed by atoms with Gasteiger partial charge < -0.3 is 10.6 Å². The second-order valence-electron chi connectivity index (χ2n) is 6.16. The van der Waals surface area contributed by atoms with Crippen LogP contribution in [0.25, 0.3) is 0 Å². The molecule has 20 heavy (non-hydrogen) atoms. The van der Waals surface area contributed by atoms with Gasteiger partial charge in [0.15, 0.2) is 0 Å². The highest BCUT2D eigenvalue weighted by molar-refractivity contribution is 5.75. The number of amides is 1. The van der Waals surface area contributed by atoms with Crippen LogP contribution in [0.4, 0.5) is 0 Å². The normalized spacial score (nSPS) is 14.4. The maximum Gasteiger partial charge on any atom is 0.220 e. The van der Waals surface area contributed by atoms with E-state index in [1.54, 1.807) is 0 Å². The Bertz CT molecular complexity index is 239. The van der Waals surface area contributed by atoms with Gasteiger partial charge in [-0.15, -0.1) is 0 Å². The van der Waals surface area contributed by atoms with Gasteiger partial charge in [0.2, 0.25) is 5.91 Å². The summed E-state index contributed by atoms with van der Waals surface area (Å²) in [6.45, 7) is 3.97. The molecule has 0 unspecified atom stereocenters. The van der Waals surface area contributed by atoms with E-state index in [0.717, 1.165) is 25.6 Å². The van der Waals surface area contributed by atoms with E-state index in [2.05, 4.69) is 17.6 Å². The highest BCUT2D eigenvalue weighted by atomic mass is 16.1. The summed E-state index contributed by atoms with van der Waals surface area (Å²) in [5.74, 6) is 0.227. The van der Waals surface area contributed by atoms with E-state index in [0.29, 0.717) is 6.42 Å². The number of carbonyl (C=O) groups is 1. The SMILES string of the molecule is CCCCCCCCCCCC(=O)NCCNC1CC1. The van der Waals surface area contributed by atoms with Gasteiger partial charge in [0, 0.05) is 25.6 Å². The summed E-state index contributed by atoms with van der Waals surface area (Å²) in [6.07, 6.45) is 15.1. The largest absolute Gasteiger partial charge is 0.355 e. The fraction of sp³-hybridized carbons (Fsp3) is 0.941. The number of unbranched alkanes of at least 4 members (excludes halogenated alkanes) is 8. The fourth-order valence-corrected chi connectivity index (χ4v) is 2.45. The third kappa shape index (κ3) is 11.3. The van der Waals surface area contributed by atoms with Crippen LogP contribution in [0, 0.1) is 0 Å². The number of nitrogens with one attached hydrogen (secondary N) is 2. The Hall–Kier alpha value is -0.570. The molecule has 1 aliphatic rings. The molecule has 1 rings (SSSR count). The molecule has 3 heteroatoms. The lowest BCUT2D eigenvalue weighted by Crippen LogP contribution is -2.32. The van der Waals surface area contributed by atoms with E-state index >= 15 is 0 Å². The predicted molar refractivity (Wildman–Crippen MR) is 85.9 cm³/mol. The minimum Gasteiger partial charge on any atom is -0.355 e. The van der Waals surface area contributed by atoms with Crippen molar-refractivity contribution in [2.75, 3.05) is 13.1 Å². The second kappa shape index (κ2) is 12.2. The Morgan fingerprint density at radius 3 is 2.10 bits per heavy atom. The zero-order valence-corrected chi connectivity index (χ0v) is 13.4. The Labute approximate surface area is 125 Å². The molecule has 0 aromatic rings. The van der Waals surface area contributed by atoms with Crippen LogP contribution in [0.15, 0.2) is 0 Å². The fourth-order valence-electron chi connectivity index (χ4n) is 2.45. The molecule has 0 aliphatic heterocycles. The van der Waals surface area contributed by atoms with Crippen molar-refractivity contribution < 1.29 is 4.79 Å². The molecule has 118 valence electrons. The Morgan fingerprint density at radius 2 is 1.50 bits per heavy atom. The quantitative estimate of drug-likeness (QED) is 0.476. The molecule has 3 nitrogen and oxygen atoms in total. The molecule has 1 aliphatic carbocycles. The summed E-state index contributed by atoms with van der Waals surface area (Å²) in [5.41, 5.74) is 0. The molecular formula is C17H34N2O. The topological polar surface area (TPSA) is 41.1 Å². The van der Waals surface area contributed by atoms with E-state index in [9.17, 15) is 4.79 Å². The highest BCUT2D eigenvalue weighted by Gasteiger charge is 2.19. The Balaban J connectivity index is 1.72. The van der Waals surface area contributed by atoms with Crippen LogP contribution in [-0.4, -0.2) is 25.0 Å². The lowest BCUT2D eigenvalue weighted by atomic mass is 10.1. The van der Waals surface area contributed by atoms with Gasteiger partial charge in [0.1, 0.15) is 0 Å². The van der Waals surface area contributed by atoms with Crippen LogP contribution >= 0.6 is 0 Å². The van der Waals surface area contributed by atoms with E-state index in [1.165, 1.54) is 64.2 Å². The molecule has 0 aromatic carbocycles. The summed E-state index contributed by atoms with van der Waals surface area (Å²) < 4.78 is 0. The van der Waals surface area contributed by atoms with Gasteiger partial charge in [0.25, 0.3) is 0 Å². The number of carbonyl (C=O) groups excluding carboxylic acids is 1.